The zero-order chi connectivity index (χ0) is 23.6. The number of carbonyl (C=O) groups excluding carboxylic acids is 2. The maximum atomic E-state index is 12.7. The van der Waals surface area contributed by atoms with Crippen LogP contribution in [0, 0.1) is 0 Å². The van der Waals surface area contributed by atoms with Crippen molar-refractivity contribution in [3.8, 4) is 0 Å². The molecule has 0 N–H and O–H groups in total. The lowest BCUT2D eigenvalue weighted by Gasteiger charge is -2.48. The van der Waals surface area contributed by atoms with E-state index in [2.05, 4.69) is 4.90 Å². The van der Waals surface area contributed by atoms with Gasteiger partial charge in [-0.3, -0.25) is 14.5 Å². The van der Waals surface area contributed by atoms with Crippen LogP contribution in [0.4, 0.5) is 13.2 Å². The molecule has 4 rings (SSSR count). The molecule has 2 aromatic carbocycles. The molecular formula is C23H23ClF3N3O2S. The van der Waals surface area contributed by atoms with Crippen LogP contribution in [-0.4, -0.2) is 78.0 Å². The van der Waals surface area contributed by atoms with Crippen LogP contribution in [0.25, 0.3) is 0 Å². The molecule has 0 atom stereocenters. The summed E-state index contributed by atoms with van der Waals surface area (Å²) in [4.78, 5) is 29.8. The van der Waals surface area contributed by atoms with Crippen LogP contribution in [0.3, 0.4) is 0 Å². The molecule has 2 aliphatic rings. The average molecular weight is 498 g/mol. The topological polar surface area (TPSA) is 43.9 Å². The molecule has 0 radical (unpaired) electrons. The predicted molar refractivity (Wildman–Crippen MR) is 121 cm³/mol. The van der Waals surface area contributed by atoms with E-state index < -0.39 is 12.1 Å². The van der Waals surface area contributed by atoms with E-state index in [0.717, 1.165) is 21.1 Å². The second kappa shape index (κ2) is 9.95. The van der Waals surface area contributed by atoms with Gasteiger partial charge in [-0.2, -0.15) is 13.2 Å². The number of hydrogen-bond donors (Lipinski definition) is 0. The Morgan fingerprint density at radius 3 is 2.24 bits per heavy atom. The Labute approximate surface area is 199 Å². The Kier molecular flexibility index (Phi) is 7.21. The summed E-state index contributed by atoms with van der Waals surface area (Å²) >= 11 is 7.68. The van der Waals surface area contributed by atoms with Gasteiger partial charge in [-0.05, 0) is 35.9 Å². The SMILES string of the molecule is O=C(c1ccc(CSc2cccc(Cl)c2)cc1)N1CC(N2CCN(C(=O)C(F)(F)F)CC2)C1. The van der Waals surface area contributed by atoms with Crippen LogP contribution >= 0.6 is 23.4 Å². The number of carbonyl (C=O) groups is 2. The fourth-order valence-electron chi connectivity index (χ4n) is 3.97. The first-order valence-electron chi connectivity index (χ1n) is 10.6. The van der Waals surface area contributed by atoms with Gasteiger partial charge in [-0.15, -0.1) is 11.8 Å². The summed E-state index contributed by atoms with van der Waals surface area (Å²) in [6, 6.07) is 15.3. The lowest BCUT2D eigenvalue weighted by molar-refractivity contribution is -0.187. The third-order valence-corrected chi connectivity index (χ3v) is 7.21. The van der Waals surface area contributed by atoms with Gasteiger partial charge in [-0.1, -0.05) is 29.8 Å². The second-order valence-electron chi connectivity index (χ2n) is 8.13. The van der Waals surface area contributed by atoms with Crippen molar-refractivity contribution < 1.29 is 22.8 Å². The number of likely N-dealkylation sites (tertiary alicyclic amines) is 1. The lowest BCUT2D eigenvalue weighted by Crippen LogP contribution is -2.65. The quantitative estimate of drug-likeness (QED) is 0.582. The average Bonchev–Trinajstić information content (AvgIpc) is 2.76. The van der Waals surface area contributed by atoms with E-state index in [0.29, 0.717) is 36.8 Å². The van der Waals surface area contributed by atoms with Gasteiger partial charge in [0.15, 0.2) is 0 Å². The minimum Gasteiger partial charge on any atom is -0.335 e. The van der Waals surface area contributed by atoms with Gasteiger partial charge in [0.25, 0.3) is 5.91 Å². The molecule has 2 saturated heterocycles. The molecule has 0 unspecified atom stereocenters. The number of piperazine rings is 1. The number of alkyl halides is 3. The lowest BCUT2D eigenvalue weighted by atomic mass is 10.0. The van der Waals surface area contributed by atoms with Crippen molar-refractivity contribution in [3.63, 3.8) is 0 Å². The third-order valence-electron chi connectivity index (χ3n) is 5.91. The van der Waals surface area contributed by atoms with Gasteiger partial charge in [0.2, 0.25) is 0 Å². The highest BCUT2D eigenvalue weighted by molar-refractivity contribution is 7.98. The molecule has 10 heteroatoms. The molecule has 2 aliphatic heterocycles. The molecule has 5 nitrogen and oxygen atoms in total. The van der Waals surface area contributed by atoms with Crippen LogP contribution in [-0.2, 0) is 10.5 Å². The number of benzene rings is 2. The van der Waals surface area contributed by atoms with Gasteiger partial charge in [0.1, 0.15) is 0 Å². The normalized spacial score (nSPS) is 17.7. The van der Waals surface area contributed by atoms with Gasteiger partial charge in [-0.25, -0.2) is 0 Å². The Morgan fingerprint density at radius 1 is 0.970 bits per heavy atom. The first kappa shape index (κ1) is 23.9. The van der Waals surface area contributed by atoms with E-state index >= 15 is 0 Å². The first-order chi connectivity index (χ1) is 15.7. The summed E-state index contributed by atoms with van der Waals surface area (Å²) < 4.78 is 37.7. The second-order valence-corrected chi connectivity index (χ2v) is 9.62. The van der Waals surface area contributed by atoms with Crippen LogP contribution in [0.1, 0.15) is 15.9 Å². The molecule has 0 aromatic heterocycles. The molecule has 0 bridgehead atoms. The standard InChI is InChI=1S/C23H23ClF3N3O2S/c24-18-2-1-3-20(12-18)33-15-16-4-6-17(7-5-16)21(31)30-13-19(14-30)28-8-10-29(11-9-28)22(32)23(25,26)27/h1-7,12,19H,8-11,13-15H2. The minimum atomic E-state index is -4.83. The Bertz CT molecular complexity index is 1000. The van der Waals surface area contributed by atoms with Crippen LogP contribution in [0.5, 0.6) is 0 Å². The van der Waals surface area contributed by atoms with Gasteiger partial charge in [0.05, 0.1) is 0 Å². The van der Waals surface area contributed by atoms with E-state index in [4.69, 9.17) is 11.6 Å². The van der Waals surface area contributed by atoms with Crippen LogP contribution in [0.15, 0.2) is 53.4 Å². The Morgan fingerprint density at radius 2 is 1.64 bits per heavy atom. The molecule has 0 saturated carbocycles. The predicted octanol–water partition coefficient (Wildman–Crippen LogP) is 4.16. The molecule has 2 heterocycles. The summed E-state index contributed by atoms with van der Waals surface area (Å²) in [7, 11) is 0. The molecule has 2 amide bonds. The number of halogens is 4. The van der Waals surface area contributed by atoms with E-state index in [1.54, 1.807) is 16.7 Å². The summed E-state index contributed by atoms with van der Waals surface area (Å²) in [6.45, 7) is 1.95. The molecule has 176 valence electrons. The smallest absolute Gasteiger partial charge is 0.335 e. The molecule has 2 aromatic rings. The third kappa shape index (κ3) is 5.83. The van der Waals surface area contributed by atoms with Gasteiger partial charge in [0, 0.05) is 66.5 Å². The fourth-order valence-corrected chi connectivity index (χ4v) is 5.14. The van der Waals surface area contributed by atoms with E-state index in [-0.39, 0.29) is 25.0 Å². The van der Waals surface area contributed by atoms with Crippen molar-refractivity contribution >= 4 is 35.2 Å². The van der Waals surface area contributed by atoms with Crippen molar-refractivity contribution in [2.24, 2.45) is 0 Å². The van der Waals surface area contributed by atoms with Crippen LogP contribution < -0.4 is 0 Å². The number of thioether (sulfide) groups is 1. The van der Waals surface area contributed by atoms with Gasteiger partial charge >= 0.3 is 12.1 Å². The highest BCUT2D eigenvalue weighted by atomic mass is 35.5. The highest BCUT2D eigenvalue weighted by Gasteiger charge is 2.44. The zero-order valence-corrected chi connectivity index (χ0v) is 19.3. The van der Waals surface area contributed by atoms with E-state index in [1.165, 1.54) is 0 Å². The molecular weight excluding hydrogens is 475 g/mol. The Hall–Kier alpha value is -2.23. The minimum absolute atomic E-state index is 0.0498. The van der Waals surface area contributed by atoms with Crippen molar-refractivity contribution in [3.05, 3.63) is 64.7 Å². The summed E-state index contributed by atoms with van der Waals surface area (Å²) in [5.41, 5.74) is 1.72. The van der Waals surface area contributed by atoms with Crippen molar-refractivity contribution in [2.75, 3.05) is 39.3 Å². The zero-order valence-electron chi connectivity index (χ0n) is 17.7. The molecule has 2 fully saturated rings. The maximum Gasteiger partial charge on any atom is 0.471 e. The maximum absolute atomic E-state index is 12.7. The van der Waals surface area contributed by atoms with Crippen molar-refractivity contribution in [1.29, 1.82) is 0 Å². The molecule has 33 heavy (non-hydrogen) atoms. The number of rotatable bonds is 5. The molecule has 0 aliphatic carbocycles. The largest absolute Gasteiger partial charge is 0.471 e. The number of amides is 2. The van der Waals surface area contributed by atoms with Gasteiger partial charge < -0.3 is 9.80 Å². The first-order valence-corrected chi connectivity index (χ1v) is 11.9. The van der Waals surface area contributed by atoms with Crippen molar-refractivity contribution in [1.82, 2.24) is 14.7 Å². The van der Waals surface area contributed by atoms with E-state index in [9.17, 15) is 22.8 Å². The summed E-state index contributed by atoms with van der Waals surface area (Å²) in [5.74, 6) is -1.06. The van der Waals surface area contributed by atoms with Crippen molar-refractivity contribution in [2.45, 2.75) is 22.9 Å². The highest BCUT2D eigenvalue weighted by Crippen LogP contribution is 2.26. The number of hydrogen-bond acceptors (Lipinski definition) is 4. The van der Waals surface area contributed by atoms with E-state index in [1.807, 2.05) is 48.5 Å². The monoisotopic (exact) mass is 497 g/mol. The fraction of sp³-hybridized carbons (Fsp3) is 0.391. The number of nitrogens with zero attached hydrogens (tertiary/aromatic N) is 3. The Balaban J connectivity index is 1.22. The summed E-state index contributed by atoms with van der Waals surface area (Å²) in [6.07, 6.45) is -4.83. The van der Waals surface area contributed by atoms with Crippen LogP contribution in [0.2, 0.25) is 5.02 Å². The molecule has 0 spiro atoms. The summed E-state index contributed by atoms with van der Waals surface area (Å²) in [5, 5.41) is 0.700.